The quantitative estimate of drug-likeness (QED) is 0.920. The second-order valence-corrected chi connectivity index (χ2v) is 5.94. The Morgan fingerprint density at radius 2 is 2.05 bits per heavy atom. The van der Waals surface area contributed by atoms with E-state index in [0.717, 1.165) is 22.4 Å². The number of nitrogens with zero attached hydrogens (tertiary/aromatic N) is 3. The molecule has 102 valence electrons. The molecule has 0 aliphatic heterocycles. The molecule has 2 rings (SSSR count). The van der Waals surface area contributed by atoms with E-state index in [1.807, 2.05) is 28.9 Å². The lowest BCUT2D eigenvalue weighted by Crippen LogP contribution is -2.18. The van der Waals surface area contributed by atoms with Gasteiger partial charge in [-0.15, -0.1) is 0 Å². The standard InChI is InChI=1S/C14H19BrN4/c1-10(2)8-19-14(17-9-18-19)7-13(16)11-5-3-4-6-12(11)15/h3-6,9-10,13H,7-8,16H2,1-2H3. The Hall–Kier alpha value is -1.20. The number of aromatic nitrogens is 3. The molecule has 5 heteroatoms. The van der Waals surface area contributed by atoms with Crippen LogP contribution in [0.1, 0.15) is 31.3 Å². The molecule has 4 nitrogen and oxygen atoms in total. The van der Waals surface area contributed by atoms with Crippen molar-refractivity contribution in [1.29, 1.82) is 0 Å². The first-order chi connectivity index (χ1) is 9.08. The Morgan fingerprint density at radius 1 is 1.32 bits per heavy atom. The highest BCUT2D eigenvalue weighted by Gasteiger charge is 2.14. The molecular formula is C14H19BrN4. The van der Waals surface area contributed by atoms with Crippen LogP contribution in [0.4, 0.5) is 0 Å². The fourth-order valence-electron chi connectivity index (χ4n) is 2.03. The normalized spacial score (nSPS) is 12.9. The zero-order valence-electron chi connectivity index (χ0n) is 11.3. The maximum absolute atomic E-state index is 6.28. The zero-order chi connectivity index (χ0) is 13.8. The van der Waals surface area contributed by atoms with Crippen LogP contribution in [0, 0.1) is 5.92 Å². The maximum atomic E-state index is 6.28. The second kappa shape index (κ2) is 6.30. The molecule has 0 saturated carbocycles. The number of nitrogens with two attached hydrogens (primary N) is 1. The van der Waals surface area contributed by atoms with Crippen LogP contribution in [0.3, 0.4) is 0 Å². The molecule has 0 bridgehead atoms. The summed E-state index contributed by atoms with van der Waals surface area (Å²) < 4.78 is 2.99. The van der Waals surface area contributed by atoms with E-state index in [1.165, 1.54) is 0 Å². The van der Waals surface area contributed by atoms with Crippen LogP contribution in [-0.2, 0) is 13.0 Å². The Kier molecular flexibility index (Phi) is 4.71. The van der Waals surface area contributed by atoms with Crippen molar-refractivity contribution < 1.29 is 0 Å². The van der Waals surface area contributed by atoms with Crippen molar-refractivity contribution in [2.45, 2.75) is 32.9 Å². The minimum absolute atomic E-state index is 0.0781. The second-order valence-electron chi connectivity index (χ2n) is 5.08. The van der Waals surface area contributed by atoms with E-state index < -0.39 is 0 Å². The van der Waals surface area contributed by atoms with E-state index >= 15 is 0 Å². The van der Waals surface area contributed by atoms with Crippen LogP contribution in [0.25, 0.3) is 0 Å². The molecule has 1 aromatic heterocycles. The first kappa shape index (κ1) is 14.2. The van der Waals surface area contributed by atoms with Gasteiger partial charge in [0.05, 0.1) is 0 Å². The first-order valence-corrected chi connectivity index (χ1v) is 7.24. The van der Waals surface area contributed by atoms with Gasteiger partial charge in [-0.05, 0) is 17.5 Å². The minimum Gasteiger partial charge on any atom is -0.324 e. The molecule has 1 unspecified atom stereocenters. The van der Waals surface area contributed by atoms with Crippen molar-refractivity contribution in [3.05, 3.63) is 46.5 Å². The van der Waals surface area contributed by atoms with E-state index in [-0.39, 0.29) is 6.04 Å². The van der Waals surface area contributed by atoms with Gasteiger partial charge >= 0.3 is 0 Å². The van der Waals surface area contributed by atoms with E-state index in [2.05, 4.69) is 39.9 Å². The molecule has 2 N–H and O–H groups in total. The molecule has 19 heavy (non-hydrogen) atoms. The lowest BCUT2D eigenvalue weighted by molar-refractivity contribution is 0.459. The Morgan fingerprint density at radius 3 is 2.74 bits per heavy atom. The summed E-state index contributed by atoms with van der Waals surface area (Å²) in [6, 6.07) is 7.96. The van der Waals surface area contributed by atoms with Crippen molar-refractivity contribution in [1.82, 2.24) is 14.8 Å². The lowest BCUT2D eigenvalue weighted by Gasteiger charge is -2.14. The van der Waals surface area contributed by atoms with Gasteiger partial charge in [0.15, 0.2) is 0 Å². The number of hydrogen-bond acceptors (Lipinski definition) is 3. The SMILES string of the molecule is CC(C)Cn1ncnc1CC(N)c1ccccc1Br. The Bertz CT molecular complexity index is 536. The van der Waals surface area contributed by atoms with E-state index in [0.29, 0.717) is 12.3 Å². The fourth-order valence-corrected chi connectivity index (χ4v) is 2.61. The molecule has 0 amide bonds. The zero-order valence-corrected chi connectivity index (χ0v) is 12.8. The van der Waals surface area contributed by atoms with Gasteiger partial charge in [0.25, 0.3) is 0 Å². The van der Waals surface area contributed by atoms with Crippen molar-refractivity contribution in [2.75, 3.05) is 0 Å². The van der Waals surface area contributed by atoms with Crippen LogP contribution < -0.4 is 5.73 Å². The minimum atomic E-state index is -0.0781. The topological polar surface area (TPSA) is 56.7 Å². The molecule has 0 fully saturated rings. The lowest BCUT2D eigenvalue weighted by atomic mass is 10.0. The summed E-state index contributed by atoms with van der Waals surface area (Å²) >= 11 is 3.54. The highest BCUT2D eigenvalue weighted by atomic mass is 79.9. The predicted molar refractivity (Wildman–Crippen MR) is 79.6 cm³/mol. The van der Waals surface area contributed by atoms with Gasteiger partial charge in [-0.1, -0.05) is 48.0 Å². The molecule has 1 atom stereocenters. The highest BCUT2D eigenvalue weighted by Crippen LogP contribution is 2.23. The largest absolute Gasteiger partial charge is 0.324 e. The van der Waals surface area contributed by atoms with Gasteiger partial charge in [-0.2, -0.15) is 5.10 Å². The summed E-state index contributed by atoms with van der Waals surface area (Å²) in [6.45, 7) is 5.20. The first-order valence-electron chi connectivity index (χ1n) is 6.44. The molecule has 2 aromatic rings. The van der Waals surface area contributed by atoms with Crippen molar-refractivity contribution >= 4 is 15.9 Å². The van der Waals surface area contributed by atoms with Crippen LogP contribution in [0.5, 0.6) is 0 Å². The van der Waals surface area contributed by atoms with Crippen molar-refractivity contribution in [2.24, 2.45) is 11.7 Å². The monoisotopic (exact) mass is 322 g/mol. The summed E-state index contributed by atoms with van der Waals surface area (Å²) in [5, 5.41) is 4.26. The summed E-state index contributed by atoms with van der Waals surface area (Å²) in [7, 11) is 0. The average molecular weight is 323 g/mol. The summed E-state index contributed by atoms with van der Waals surface area (Å²) in [5.41, 5.74) is 7.37. The van der Waals surface area contributed by atoms with Gasteiger partial charge in [-0.3, -0.25) is 0 Å². The molecule has 0 aliphatic carbocycles. The van der Waals surface area contributed by atoms with Crippen LogP contribution in [-0.4, -0.2) is 14.8 Å². The maximum Gasteiger partial charge on any atom is 0.138 e. The van der Waals surface area contributed by atoms with E-state index in [1.54, 1.807) is 6.33 Å². The van der Waals surface area contributed by atoms with E-state index in [9.17, 15) is 0 Å². The van der Waals surface area contributed by atoms with Crippen molar-refractivity contribution in [3.8, 4) is 0 Å². The smallest absolute Gasteiger partial charge is 0.138 e. The average Bonchev–Trinajstić information content (AvgIpc) is 2.76. The van der Waals surface area contributed by atoms with Gasteiger partial charge in [0.2, 0.25) is 0 Å². The highest BCUT2D eigenvalue weighted by molar-refractivity contribution is 9.10. The third-order valence-corrected chi connectivity index (χ3v) is 3.66. The third kappa shape index (κ3) is 3.64. The van der Waals surface area contributed by atoms with Crippen LogP contribution >= 0.6 is 15.9 Å². The molecule has 1 aromatic carbocycles. The van der Waals surface area contributed by atoms with Gasteiger partial charge in [-0.25, -0.2) is 9.67 Å². The summed E-state index contributed by atoms with van der Waals surface area (Å²) in [5.74, 6) is 1.48. The van der Waals surface area contributed by atoms with Gasteiger partial charge < -0.3 is 5.73 Å². The van der Waals surface area contributed by atoms with Gasteiger partial charge in [0.1, 0.15) is 12.2 Å². The predicted octanol–water partition coefficient (Wildman–Crippen LogP) is 2.94. The Balaban J connectivity index is 2.13. The molecule has 0 radical (unpaired) electrons. The molecule has 0 spiro atoms. The molecule has 0 saturated heterocycles. The Labute approximate surface area is 122 Å². The van der Waals surface area contributed by atoms with Crippen molar-refractivity contribution in [3.63, 3.8) is 0 Å². The van der Waals surface area contributed by atoms with E-state index in [4.69, 9.17) is 5.73 Å². The summed E-state index contributed by atoms with van der Waals surface area (Å²) in [6.07, 6.45) is 2.29. The van der Waals surface area contributed by atoms with Crippen LogP contribution in [0.2, 0.25) is 0 Å². The van der Waals surface area contributed by atoms with Gasteiger partial charge in [0, 0.05) is 23.5 Å². The third-order valence-electron chi connectivity index (χ3n) is 2.94. The number of halogens is 1. The number of benzene rings is 1. The summed E-state index contributed by atoms with van der Waals surface area (Å²) in [4.78, 5) is 4.32. The molecular weight excluding hydrogens is 304 g/mol. The molecule has 1 heterocycles. The van der Waals surface area contributed by atoms with Crippen LogP contribution in [0.15, 0.2) is 35.1 Å². The fraction of sp³-hybridized carbons (Fsp3) is 0.429. The number of rotatable bonds is 5. The molecule has 0 aliphatic rings. The number of hydrogen-bond donors (Lipinski definition) is 1.